The summed E-state index contributed by atoms with van der Waals surface area (Å²) in [5, 5.41) is 3.96. The number of halogens is 2. The molecule has 102 valence electrons. The zero-order valence-electron chi connectivity index (χ0n) is 10.3. The molecule has 5 nitrogen and oxygen atoms in total. The van der Waals surface area contributed by atoms with E-state index in [1.807, 2.05) is 6.07 Å². The molecule has 0 aliphatic heterocycles. The summed E-state index contributed by atoms with van der Waals surface area (Å²) < 4.78 is 6.95. The third-order valence-corrected chi connectivity index (χ3v) is 3.62. The Morgan fingerprint density at radius 2 is 2.05 bits per heavy atom. The lowest BCUT2D eigenvalue weighted by Gasteiger charge is -1.98. The van der Waals surface area contributed by atoms with Crippen molar-refractivity contribution < 1.29 is 4.52 Å². The number of aryl methyl sites for hydroxylation is 1. The average Bonchev–Trinajstić information content (AvgIpc) is 2.83. The maximum absolute atomic E-state index is 5.45. The molecule has 0 radical (unpaired) electrons. The number of nitrogens with two attached hydrogens (primary N) is 1. The predicted molar refractivity (Wildman–Crippen MR) is 79.5 cm³/mol. The van der Waals surface area contributed by atoms with Crippen LogP contribution >= 0.6 is 31.9 Å². The van der Waals surface area contributed by atoms with Gasteiger partial charge in [-0.3, -0.25) is 4.98 Å². The van der Waals surface area contributed by atoms with Crippen molar-refractivity contribution in [2.75, 3.05) is 6.54 Å². The van der Waals surface area contributed by atoms with Crippen LogP contribution in [0.4, 0.5) is 0 Å². The summed E-state index contributed by atoms with van der Waals surface area (Å²) >= 11 is 6.79. The Morgan fingerprint density at radius 3 is 2.79 bits per heavy atom. The van der Waals surface area contributed by atoms with Crippen LogP contribution in [0.5, 0.6) is 0 Å². The fraction of sp³-hybridized carbons (Fsp3) is 0.417. The van der Waals surface area contributed by atoms with Crippen LogP contribution in [-0.4, -0.2) is 21.7 Å². The fourth-order valence-corrected chi connectivity index (χ4v) is 2.79. The van der Waals surface area contributed by atoms with Crippen molar-refractivity contribution in [2.45, 2.75) is 25.7 Å². The Labute approximate surface area is 128 Å². The van der Waals surface area contributed by atoms with Crippen molar-refractivity contribution >= 4 is 31.9 Å². The smallest absolute Gasteiger partial charge is 0.227 e. The number of hydrogen-bond acceptors (Lipinski definition) is 5. The molecule has 0 amide bonds. The summed E-state index contributed by atoms with van der Waals surface area (Å²) in [6, 6.07) is 1.90. The lowest BCUT2D eigenvalue weighted by Crippen LogP contribution is -1.98. The molecule has 0 bridgehead atoms. The molecule has 0 spiro atoms. The topological polar surface area (TPSA) is 77.8 Å². The Balaban J connectivity index is 2.04. The van der Waals surface area contributed by atoms with E-state index in [4.69, 9.17) is 10.3 Å². The molecule has 2 aromatic heterocycles. The van der Waals surface area contributed by atoms with Gasteiger partial charge in [-0.15, -0.1) is 0 Å². The zero-order valence-corrected chi connectivity index (χ0v) is 13.4. The molecule has 0 saturated heterocycles. The first kappa shape index (κ1) is 14.6. The van der Waals surface area contributed by atoms with Crippen molar-refractivity contribution in [3.05, 3.63) is 27.1 Å². The van der Waals surface area contributed by atoms with Crippen LogP contribution in [0.25, 0.3) is 11.5 Å². The SMILES string of the molecule is NCCCCCc1nc(-c2ncc(Br)cc2Br)no1. The normalized spacial score (nSPS) is 10.9. The van der Waals surface area contributed by atoms with Crippen molar-refractivity contribution in [3.8, 4) is 11.5 Å². The van der Waals surface area contributed by atoms with E-state index in [0.29, 0.717) is 17.4 Å². The van der Waals surface area contributed by atoms with Crippen molar-refractivity contribution in [3.63, 3.8) is 0 Å². The number of hydrogen-bond donors (Lipinski definition) is 1. The summed E-state index contributed by atoms with van der Waals surface area (Å²) in [6.07, 6.45) is 5.60. The van der Waals surface area contributed by atoms with E-state index in [1.54, 1.807) is 6.20 Å². The molecule has 0 aliphatic rings. The Bertz CT molecular complexity index is 544. The van der Waals surface area contributed by atoms with Gasteiger partial charge in [0, 0.05) is 21.6 Å². The van der Waals surface area contributed by atoms with Crippen LogP contribution in [0, 0.1) is 0 Å². The molecule has 0 aromatic carbocycles. The van der Waals surface area contributed by atoms with E-state index in [1.165, 1.54) is 0 Å². The number of pyridine rings is 1. The quantitative estimate of drug-likeness (QED) is 0.766. The molecule has 0 fully saturated rings. The second-order valence-corrected chi connectivity index (χ2v) is 5.87. The minimum atomic E-state index is 0.508. The first-order chi connectivity index (χ1) is 9.20. The van der Waals surface area contributed by atoms with Gasteiger partial charge in [0.25, 0.3) is 0 Å². The van der Waals surface area contributed by atoms with Crippen molar-refractivity contribution in [1.29, 1.82) is 0 Å². The molecular formula is C12H14Br2N4O. The highest BCUT2D eigenvalue weighted by molar-refractivity contribution is 9.11. The van der Waals surface area contributed by atoms with Crippen LogP contribution in [0.2, 0.25) is 0 Å². The van der Waals surface area contributed by atoms with E-state index in [2.05, 4.69) is 47.0 Å². The predicted octanol–water partition coefficient (Wildman–Crippen LogP) is 3.33. The van der Waals surface area contributed by atoms with Crippen LogP contribution in [0.1, 0.15) is 25.2 Å². The van der Waals surface area contributed by atoms with Gasteiger partial charge in [0.1, 0.15) is 5.69 Å². The maximum Gasteiger partial charge on any atom is 0.227 e. The van der Waals surface area contributed by atoms with Gasteiger partial charge in [-0.1, -0.05) is 11.6 Å². The summed E-state index contributed by atoms with van der Waals surface area (Å²) in [5.41, 5.74) is 6.13. The van der Waals surface area contributed by atoms with Crippen LogP contribution < -0.4 is 5.73 Å². The lowest BCUT2D eigenvalue weighted by atomic mass is 10.2. The highest BCUT2D eigenvalue weighted by Gasteiger charge is 2.13. The summed E-state index contributed by atoms with van der Waals surface area (Å²) in [7, 11) is 0. The zero-order chi connectivity index (χ0) is 13.7. The number of nitrogens with zero attached hydrogens (tertiary/aromatic N) is 3. The Kier molecular flexibility index (Phi) is 5.47. The highest BCUT2D eigenvalue weighted by atomic mass is 79.9. The lowest BCUT2D eigenvalue weighted by molar-refractivity contribution is 0.374. The summed E-state index contributed by atoms with van der Waals surface area (Å²) in [5.74, 6) is 1.15. The molecule has 2 heterocycles. The Hall–Kier alpha value is -0.790. The molecule has 0 aliphatic carbocycles. The summed E-state index contributed by atoms with van der Waals surface area (Å²) in [6.45, 7) is 0.727. The maximum atomic E-state index is 5.45. The number of rotatable bonds is 6. The molecule has 0 unspecified atom stereocenters. The third-order valence-electron chi connectivity index (χ3n) is 2.58. The van der Waals surface area contributed by atoms with Gasteiger partial charge in [0.05, 0.1) is 0 Å². The molecule has 2 rings (SSSR count). The molecule has 2 N–H and O–H groups in total. The Morgan fingerprint density at radius 1 is 1.21 bits per heavy atom. The minimum absolute atomic E-state index is 0.508. The fourth-order valence-electron chi connectivity index (χ4n) is 1.63. The second kappa shape index (κ2) is 7.12. The van der Waals surface area contributed by atoms with Crippen molar-refractivity contribution in [2.24, 2.45) is 5.73 Å². The van der Waals surface area contributed by atoms with Gasteiger partial charge >= 0.3 is 0 Å². The van der Waals surface area contributed by atoms with Gasteiger partial charge < -0.3 is 10.3 Å². The molecule has 0 atom stereocenters. The van der Waals surface area contributed by atoms with E-state index in [0.717, 1.165) is 41.2 Å². The molecule has 7 heteroatoms. The monoisotopic (exact) mass is 388 g/mol. The van der Waals surface area contributed by atoms with Crippen LogP contribution in [0.3, 0.4) is 0 Å². The number of aromatic nitrogens is 3. The highest BCUT2D eigenvalue weighted by Crippen LogP contribution is 2.26. The van der Waals surface area contributed by atoms with E-state index in [-0.39, 0.29) is 0 Å². The first-order valence-electron chi connectivity index (χ1n) is 6.05. The molecule has 2 aromatic rings. The van der Waals surface area contributed by atoms with E-state index in [9.17, 15) is 0 Å². The van der Waals surface area contributed by atoms with Crippen LogP contribution in [-0.2, 0) is 6.42 Å². The standard InChI is InChI=1S/C12H14Br2N4O/c13-8-6-9(14)11(16-7-8)12-17-10(19-18-12)4-2-1-3-5-15/h6-7H,1-5,15H2. The van der Waals surface area contributed by atoms with E-state index >= 15 is 0 Å². The van der Waals surface area contributed by atoms with E-state index < -0.39 is 0 Å². The average molecular weight is 390 g/mol. The van der Waals surface area contributed by atoms with Crippen LogP contribution in [0.15, 0.2) is 25.7 Å². The molecule has 0 saturated carbocycles. The summed E-state index contributed by atoms with van der Waals surface area (Å²) in [4.78, 5) is 8.63. The van der Waals surface area contributed by atoms with Gasteiger partial charge in [-0.05, 0) is 57.3 Å². The van der Waals surface area contributed by atoms with Crippen molar-refractivity contribution in [1.82, 2.24) is 15.1 Å². The first-order valence-corrected chi connectivity index (χ1v) is 7.63. The van der Waals surface area contributed by atoms with Gasteiger partial charge in [0.2, 0.25) is 11.7 Å². The molecule has 19 heavy (non-hydrogen) atoms. The third kappa shape index (κ3) is 4.09. The second-order valence-electron chi connectivity index (χ2n) is 4.10. The van der Waals surface area contributed by atoms with Gasteiger partial charge in [-0.2, -0.15) is 4.98 Å². The van der Waals surface area contributed by atoms with Gasteiger partial charge in [0.15, 0.2) is 0 Å². The molecular weight excluding hydrogens is 376 g/mol. The van der Waals surface area contributed by atoms with Gasteiger partial charge in [-0.25, -0.2) is 0 Å². The number of unbranched alkanes of at least 4 members (excludes halogenated alkanes) is 2. The minimum Gasteiger partial charge on any atom is -0.339 e. The largest absolute Gasteiger partial charge is 0.339 e.